The third-order valence-electron chi connectivity index (χ3n) is 1.08. The maximum atomic E-state index is 8.12. The summed E-state index contributed by atoms with van der Waals surface area (Å²) in [5.74, 6) is 0. The number of hydrogen-bond acceptors (Lipinski definition) is 2. The lowest BCUT2D eigenvalue weighted by Crippen LogP contribution is -2.03. The van der Waals surface area contributed by atoms with Crippen LogP contribution in [0.4, 0.5) is 0 Å². The van der Waals surface area contributed by atoms with Gasteiger partial charge in [0, 0.05) is 12.0 Å². The molecule has 0 atom stereocenters. The molecular formula is C6H7NO. The van der Waals surface area contributed by atoms with Crippen LogP contribution in [0.15, 0.2) is 11.8 Å². The van der Waals surface area contributed by atoms with Crippen molar-refractivity contribution in [2.75, 3.05) is 6.61 Å². The SMILES string of the molecule is N#CCCC1=COC1. The molecule has 0 saturated heterocycles. The van der Waals surface area contributed by atoms with E-state index in [0.717, 1.165) is 13.0 Å². The third-order valence-corrected chi connectivity index (χ3v) is 1.08. The van der Waals surface area contributed by atoms with E-state index in [2.05, 4.69) is 6.07 Å². The van der Waals surface area contributed by atoms with Gasteiger partial charge in [-0.25, -0.2) is 0 Å². The second-order valence-electron chi connectivity index (χ2n) is 1.75. The highest BCUT2D eigenvalue weighted by atomic mass is 16.5. The molecule has 0 amide bonds. The zero-order valence-corrected chi connectivity index (χ0v) is 4.55. The summed E-state index contributed by atoms with van der Waals surface area (Å²) in [7, 11) is 0. The summed E-state index contributed by atoms with van der Waals surface area (Å²) < 4.78 is 4.76. The minimum absolute atomic E-state index is 0.620. The van der Waals surface area contributed by atoms with Gasteiger partial charge < -0.3 is 4.74 Å². The summed E-state index contributed by atoms with van der Waals surface area (Å²) >= 11 is 0. The molecule has 1 aliphatic rings. The Balaban J connectivity index is 2.13. The molecule has 0 aromatic rings. The molecule has 8 heavy (non-hydrogen) atoms. The van der Waals surface area contributed by atoms with Gasteiger partial charge in [0.25, 0.3) is 0 Å². The van der Waals surface area contributed by atoms with Crippen LogP contribution in [0.25, 0.3) is 0 Å². The topological polar surface area (TPSA) is 33.0 Å². The fourth-order valence-corrected chi connectivity index (χ4v) is 0.549. The molecule has 0 aliphatic carbocycles. The quantitative estimate of drug-likeness (QED) is 0.533. The van der Waals surface area contributed by atoms with Gasteiger partial charge >= 0.3 is 0 Å². The zero-order chi connectivity index (χ0) is 5.82. The van der Waals surface area contributed by atoms with E-state index in [1.165, 1.54) is 5.57 Å². The lowest BCUT2D eigenvalue weighted by Gasteiger charge is -2.13. The second kappa shape index (κ2) is 2.37. The first kappa shape index (κ1) is 5.17. The van der Waals surface area contributed by atoms with Crippen molar-refractivity contribution in [3.63, 3.8) is 0 Å². The molecule has 2 heteroatoms. The van der Waals surface area contributed by atoms with Crippen LogP contribution in [0, 0.1) is 11.3 Å². The number of ether oxygens (including phenoxy) is 1. The van der Waals surface area contributed by atoms with Gasteiger partial charge in [-0.2, -0.15) is 5.26 Å². The van der Waals surface area contributed by atoms with E-state index in [9.17, 15) is 0 Å². The largest absolute Gasteiger partial charge is 0.497 e. The number of rotatable bonds is 2. The molecule has 1 rings (SSSR count). The van der Waals surface area contributed by atoms with Crippen molar-refractivity contribution >= 4 is 0 Å². The Labute approximate surface area is 48.4 Å². The first-order valence-electron chi connectivity index (χ1n) is 2.60. The van der Waals surface area contributed by atoms with Gasteiger partial charge in [-0.15, -0.1) is 0 Å². The standard InChI is InChI=1S/C6H7NO/c7-3-1-2-6-4-8-5-6/h4H,1-2,5H2. The van der Waals surface area contributed by atoms with E-state index >= 15 is 0 Å². The van der Waals surface area contributed by atoms with Crippen molar-refractivity contribution in [2.24, 2.45) is 0 Å². The monoisotopic (exact) mass is 109 g/mol. The fraction of sp³-hybridized carbons (Fsp3) is 0.500. The van der Waals surface area contributed by atoms with E-state index < -0.39 is 0 Å². The molecule has 0 aromatic carbocycles. The Hall–Kier alpha value is -0.970. The molecule has 42 valence electrons. The summed E-state index contributed by atoms with van der Waals surface area (Å²) in [6, 6.07) is 2.07. The molecule has 2 nitrogen and oxygen atoms in total. The molecule has 0 radical (unpaired) electrons. The van der Waals surface area contributed by atoms with Crippen LogP contribution >= 0.6 is 0 Å². The van der Waals surface area contributed by atoms with Crippen LogP contribution < -0.4 is 0 Å². The van der Waals surface area contributed by atoms with Crippen molar-refractivity contribution in [1.82, 2.24) is 0 Å². The van der Waals surface area contributed by atoms with Crippen molar-refractivity contribution in [3.8, 4) is 6.07 Å². The zero-order valence-electron chi connectivity index (χ0n) is 4.55. The van der Waals surface area contributed by atoms with Gasteiger partial charge in [0.2, 0.25) is 0 Å². The minimum atomic E-state index is 0.620. The summed E-state index contributed by atoms with van der Waals surface area (Å²) in [4.78, 5) is 0. The summed E-state index contributed by atoms with van der Waals surface area (Å²) in [6.07, 6.45) is 3.23. The Bertz CT molecular complexity index is 143. The van der Waals surface area contributed by atoms with Crippen LogP contribution in [0.1, 0.15) is 12.8 Å². The Morgan fingerprint density at radius 2 is 2.62 bits per heavy atom. The van der Waals surface area contributed by atoms with Crippen LogP contribution in [0.3, 0.4) is 0 Å². The van der Waals surface area contributed by atoms with Gasteiger partial charge in [-0.3, -0.25) is 0 Å². The number of nitriles is 1. The second-order valence-corrected chi connectivity index (χ2v) is 1.75. The Morgan fingerprint density at radius 1 is 1.88 bits per heavy atom. The molecule has 0 N–H and O–H groups in total. The van der Waals surface area contributed by atoms with Gasteiger partial charge in [0.05, 0.1) is 12.3 Å². The maximum Gasteiger partial charge on any atom is 0.112 e. The summed E-state index contributed by atoms with van der Waals surface area (Å²) in [5.41, 5.74) is 1.26. The smallest absolute Gasteiger partial charge is 0.112 e. The Morgan fingerprint density at radius 3 is 3.00 bits per heavy atom. The molecule has 0 unspecified atom stereocenters. The van der Waals surface area contributed by atoms with Crippen molar-refractivity contribution in [1.29, 1.82) is 5.26 Å². The van der Waals surface area contributed by atoms with Gasteiger partial charge in [-0.05, 0) is 6.42 Å². The van der Waals surface area contributed by atoms with Crippen molar-refractivity contribution in [2.45, 2.75) is 12.8 Å². The fourth-order valence-electron chi connectivity index (χ4n) is 0.549. The lowest BCUT2D eigenvalue weighted by atomic mass is 10.1. The van der Waals surface area contributed by atoms with E-state index in [4.69, 9.17) is 10.00 Å². The Kier molecular flexibility index (Phi) is 1.53. The number of hydrogen-bond donors (Lipinski definition) is 0. The highest BCUT2D eigenvalue weighted by Gasteiger charge is 2.04. The predicted molar refractivity (Wildman–Crippen MR) is 28.9 cm³/mol. The van der Waals surface area contributed by atoms with Crippen molar-refractivity contribution < 1.29 is 4.74 Å². The molecule has 1 heterocycles. The van der Waals surface area contributed by atoms with E-state index in [-0.39, 0.29) is 0 Å². The highest BCUT2D eigenvalue weighted by molar-refractivity contribution is 5.06. The average molecular weight is 109 g/mol. The molecule has 0 spiro atoms. The van der Waals surface area contributed by atoms with E-state index in [0.29, 0.717) is 6.42 Å². The van der Waals surface area contributed by atoms with Crippen LogP contribution in [-0.2, 0) is 4.74 Å². The van der Waals surface area contributed by atoms with Crippen LogP contribution in [0.5, 0.6) is 0 Å². The lowest BCUT2D eigenvalue weighted by molar-refractivity contribution is 0.218. The van der Waals surface area contributed by atoms with E-state index in [1.54, 1.807) is 6.26 Å². The maximum absolute atomic E-state index is 8.12. The molecule has 1 aliphatic heterocycles. The third kappa shape index (κ3) is 1.00. The first-order valence-corrected chi connectivity index (χ1v) is 2.60. The van der Waals surface area contributed by atoms with Crippen molar-refractivity contribution in [3.05, 3.63) is 11.8 Å². The normalized spacial score (nSPS) is 15.1. The molecule has 0 fully saturated rings. The van der Waals surface area contributed by atoms with Gasteiger partial charge in [0.15, 0.2) is 0 Å². The van der Waals surface area contributed by atoms with Crippen LogP contribution in [0.2, 0.25) is 0 Å². The summed E-state index contributed by atoms with van der Waals surface area (Å²) in [6.45, 7) is 0.738. The van der Waals surface area contributed by atoms with Gasteiger partial charge in [-0.1, -0.05) is 0 Å². The summed E-state index contributed by atoms with van der Waals surface area (Å²) in [5, 5.41) is 8.12. The van der Waals surface area contributed by atoms with E-state index in [1.807, 2.05) is 0 Å². The average Bonchev–Trinajstić information content (AvgIpc) is 1.63. The molecule has 0 bridgehead atoms. The number of nitrogens with zero attached hydrogens (tertiary/aromatic N) is 1. The highest BCUT2D eigenvalue weighted by Crippen LogP contribution is 2.12. The molecular weight excluding hydrogens is 102 g/mol. The molecule has 0 saturated carbocycles. The van der Waals surface area contributed by atoms with Gasteiger partial charge in [0.1, 0.15) is 6.61 Å². The minimum Gasteiger partial charge on any atom is -0.497 e. The molecule has 0 aromatic heterocycles. The first-order chi connectivity index (χ1) is 3.93. The predicted octanol–water partition coefficient (Wildman–Crippen LogP) is 1.20. The van der Waals surface area contributed by atoms with Crippen LogP contribution in [-0.4, -0.2) is 6.61 Å².